The van der Waals surface area contributed by atoms with Crippen LogP contribution >= 0.6 is 0 Å². The molecule has 0 bridgehead atoms. The average molecular weight is 194 g/mol. The first-order chi connectivity index (χ1) is 6.50. The highest BCUT2D eigenvalue weighted by atomic mass is 19.1. The van der Waals surface area contributed by atoms with Gasteiger partial charge in [0.2, 0.25) is 0 Å². The van der Waals surface area contributed by atoms with Gasteiger partial charge in [-0.3, -0.25) is 0 Å². The summed E-state index contributed by atoms with van der Waals surface area (Å²) < 4.78 is 13.2. The van der Waals surface area contributed by atoms with Crippen molar-refractivity contribution in [2.24, 2.45) is 0 Å². The maximum Gasteiger partial charge on any atom is 0.328 e. The molecule has 1 rings (SSSR count). The van der Waals surface area contributed by atoms with Gasteiger partial charge >= 0.3 is 5.97 Å². The van der Waals surface area contributed by atoms with Gasteiger partial charge in [0, 0.05) is 6.08 Å². The fourth-order valence-electron chi connectivity index (χ4n) is 1.11. The number of rotatable bonds is 2. The van der Waals surface area contributed by atoms with Crippen molar-refractivity contribution in [3.8, 4) is 0 Å². The van der Waals surface area contributed by atoms with Crippen molar-refractivity contribution in [3.05, 3.63) is 40.7 Å². The average Bonchev–Trinajstić information content (AvgIpc) is 2.10. The van der Waals surface area contributed by atoms with E-state index in [1.54, 1.807) is 19.9 Å². The molecule has 0 fully saturated rings. The summed E-state index contributed by atoms with van der Waals surface area (Å²) in [7, 11) is 0. The molecule has 0 saturated carbocycles. The van der Waals surface area contributed by atoms with Gasteiger partial charge in [-0.1, -0.05) is 6.07 Å². The van der Waals surface area contributed by atoms with E-state index in [1.165, 1.54) is 12.1 Å². The minimum atomic E-state index is -1.04. The quantitative estimate of drug-likeness (QED) is 0.734. The summed E-state index contributed by atoms with van der Waals surface area (Å²) in [5, 5.41) is 8.39. The van der Waals surface area contributed by atoms with Gasteiger partial charge in [0.1, 0.15) is 5.82 Å². The van der Waals surface area contributed by atoms with Gasteiger partial charge in [0.15, 0.2) is 0 Å². The summed E-state index contributed by atoms with van der Waals surface area (Å²) in [6.07, 6.45) is 2.36. The van der Waals surface area contributed by atoms with E-state index >= 15 is 0 Å². The lowest BCUT2D eigenvalue weighted by molar-refractivity contribution is -0.131. The number of hydrogen-bond donors (Lipinski definition) is 1. The van der Waals surface area contributed by atoms with E-state index in [2.05, 4.69) is 0 Å². The van der Waals surface area contributed by atoms with Crippen molar-refractivity contribution in [2.45, 2.75) is 13.8 Å². The van der Waals surface area contributed by atoms with Crippen molar-refractivity contribution in [1.82, 2.24) is 0 Å². The lowest BCUT2D eigenvalue weighted by Gasteiger charge is -2.02. The van der Waals surface area contributed by atoms with Crippen molar-refractivity contribution in [2.75, 3.05) is 0 Å². The number of carboxylic acids is 1. The van der Waals surface area contributed by atoms with Gasteiger partial charge in [0.05, 0.1) is 0 Å². The van der Waals surface area contributed by atoms with Gasteiger partial charge in [-0.05, 0) is 42.7 Å². The summed E-state index contributed by atoms with van der Waals surface area (Å²) in [5.41, 5.74) is 1.97. The Bertz CT molecular complexity index is 371. The molecule has 14 heavy (non-hydrogen) atoms. The molecule has 1 aromatic rings. The first-order valence-electron chi connectivity index (χ1n) is 4.18. The van der Waals surface area contributed by atoms with Crippen LogP contribution in [0.15, 0.2) is 18.2 Å². The van der Waals surface area contributed by atoms with E-state index in [0.717, 1.165) is 11.6 Å². The van der Waals surface area contributed by atoms with Crippen LogP contribution in [0.5, 0.6) is 0 Å². The molecule has 0 aliphatic carbocycles. The Morgan fingerprint density at radius 2 is 2.07 bits per heavy atom. The smallest absolute Gasteiger partial charge is 0.328 e. The zero-order valence-corrected chi connectivity index (χ0v) is 8.04. The predicted octanol–water partition coefficient (Wildman–Crippen LogP) is 2.54. The van der Waals surface area contributed by atoms with Gasteiger partial charge in [-0.15, -0.1) is 0 Å². The van der Waals surface area contributed by atoms with Gasteiger partial charge < -0.3 is 5.11 Å². The molecule has 0 heterocycles. The number of carboxylic acid groups (broad SMARTS) is 1. The van der Waals surface area contributed by atoms with E-state index in [0.29, 0.717) is 11.1 Å². The van der Waals surface area contributed by atoms with Crippen molar-refractivity contribution in [1.29, 1.82) is 0 Å². The highest BCUT2D eigenvalue weighted by molar-refractivity contribution is 5.85. The number of aliphatic carboxylic acids is 1. The fourth-order valence-corrected chi connectivity index (χ4v) is 1.11. The molecule has 0 spiro atoms. The second-order valence-corrected chi connectivity index (χ2v) is 3.12. The predicted molar refractivity (Wildman–Crippen MR) is 52.5 cm³/mol. The minimum absolute atomic E-state index is 0.310. The molecule has 0 saturated heterocycles. The van der Waals surface area contributed by atoms with Gasteiger partial charge in [-0.25, -0.2) is 9.18 Å². The van der Waals surface area contributed by atoms with Crippen molar-refractivity contribution in [3.63, 3.8) is 0 Å². The Labute approximate surface area is 81.7 Å². The van der Waals surface area contributed by atoms with Crippen molar-refractivity contribution < 1.29 is 14.3 Å². The van der Waals surface area contributed by atoms with E-state index in [9.17, 15) is 9.18 Å². The molecule has 0 radical (unpaired) electrons. The Hall–Kier alpha value is -1.64. The molecule has 3 heteroatoms. The van der Waals surface area contributed by atoms with Crippen LogP contribution in [0.1, 0.15) is 16.7 Å². The van der Waals surface area contributed by atoms with Crippen LogP contribution < -0.4 is 0 Å². The topological polar surface area (TPSA) is 37.3 Å². The maximum atomic E-state index is 13.2. The third-order valence-corrected chi connectivity index (χ3v) is 2.04. The highest BCUT2D eigenvalue weighted by Gasteiger charge is 2.01. The zero-order chi connectivity index (χ0) is 10.7. The highest BCUT2D eigenvalue weighted by Crippen LogP contribution is 2.15. The fraction of sp³-hybridized carbons (Fsp3) is 0.182. The first kappa shape index (κ1) is 10.4. The molecule has 0 amide bonds. The van der Waals surface area contributed by atoms with E-state index in [4.69, 9.17) is 5.11 Å². The second-order valence-electron chi connectivity index (χ2n) is 3.12. The Kier molecular flexibility index (Phi) is 3.02. The lowest BCUT2D eigenvalue weighted by Crippen LogP contribution is -1.90. The third kappa shape index (κ3) is 2.42. The van der Waals surface area contributed by atoms with E-state index in [1.807, 2.05) is 0 Å². The van der Waals surface area contributed by atoms with Crippen LogP contribution in [0.4, 0.5) is 4.39 Å². The van der Waals surface area contributed by atoms with Crippen LogP contribution in [-0.2, 0) is 4.79 Å². The van der Waals surface area contributed by atoms with Crippen LogP contribution in [0, 0.1) is 19.7 Å². The molecule has 0 unspecified atom stereocenters. The minimum Gasteiger partial charge on any atom is -0.478 e. The molecule has 74 valence electrons. The first-order valence-corrected chi connectivity index (χ1v) is 4.18. The molecule has 2 nitrogen and oxygen atoms in total. The van der Waals surface area contributed by atoms with E-state index < -0.39 is 5.97 Å². The molecule has 0 aromatic heterocycles. The standard InChI is InChI=1S/C11H11FO2/c1-7-5-9(3-4-11(13)14)6-10(12)8(7)2/h3-6H,1-2H3,(H,13,14)/b4-3+. The maximum absolute atomic E-state index is 13.2. The Morgan fingerprint density at radius 3 is 2.57 bits per heavy atom. The zero-order valence-electron chi connectivity index (χ0n) is 8.04. The van der Waals surface area contributed by atoms with Crippen LogP contribution in [0.25, 0.3) is 6.08 Å². The number of halogens is 1. The Morgan fingerprint density at radius 1 is 1.43 bits per heavy atom. The number of hydrogen-bond acceptors (Lipinski definition) is 1. The molecular weight excluding hydrogens is 183 g/mol. The molecule has 1 aromatic carbocycles. The molecule has 0 aliphatic heterocycles. The van der Waals surface area contributed by atoms with Gasteiger partial charge in [-0.2, -0.15) is 0 Å². The molecule has 0 aliphatic rings. The van der Waals surface area contributed by atoms with Crippen molar-refractivity contribution >= 4 is 12.0 Å². The summed E-state index contributed by atoms with van der Waals surface area (Å²) in [4.78, 5) is 10.2. The van der Waals surface area contributed by atoms with Gasteiger partial charge in [0.25, 0.3) is 0 Å². The van der Waals surface area contributed by atoms with Crippen LogP contribution in [0.2, 0.25) is 0 Å². The lowest BCUT2D eigenvalue weighted by atomic mass is 10.1. The SMILES string of the molecule is Cc1cc(/C=C/C(=O)O)cc(F)c1C. The largest absolute Gasteiger partial charge is 0.478 e. The molecule has 0 atom stereocenters. The number of aryl methyl sites for hydroxylation is 1. The third-order valence-electron chi connectivity index (χ3n) is 2.04. The van der Waals surface area contributed by atoms with Crippen LogP contribution in [0.3, 0.4) is 0 Å². The number of carbonyl (C=O) groups is 1. The summed E-state index contributed by atoms with van der Waals surface area (Å²) in [6, 6.07) is 3.07. The van der Waals surface area contributed by atoms with E-state index in [-0.39, 0.29) is 5.82 Å². The normalized spacial score (nSPS) is 10.8. The molecular formula is C11H11FO2. The summed E-state index contributed by atoms with van der Waals surface area (Å²) in [5.74, 6) is -1.35. The Balaban J connectivity index is 3.07. The number of benzene rings is 1. The monoisotopic (exact) mass is 194 g/mol. The summed E-state index contributed by atoms with van der Waals surface area (Å²) in [6.45, 7) is 3.48. The van der Waals surface area contributed by atoms with Crippen LogP contribution in [-0.4, -0.2) is 11.1 Å². The molecule has 1 N–H and O–H groups in total. The summed E-state index contributed by atoms with van der Waals surface area (Å²) >= 11 is 0. The second kappa shape index (κ2) is 4.05.